The van der Waals surface area contributed by atoms with E-state index in [0.717, 1.165) is 23.8 Å². The molecular weight excluding hydrogens is 749 g/mol. The number of alkyl halides is 3. The minimum atomic E-state index is -4.70. The van der Waals surface area contributed by atoms with Crippen molar-refractivity contribution < 1.29 is 71.6 Å². The Morgan fingerprint density at radius 2 is 1.40 bits per heavy atom. The first kappa shape index (κ1) is 44.1. The van der Waals surface area contributed by atoms with Crippen LogP contribution < -0.4 is 9.47 Å². The molecule has 0 saturated carbocycles. The van der Waals surface area contributed by atoms with Gasteiger partial charge in [0.05, 0.1) is 52.8 Å². The number of halogens is 6. The van der Waals surface area contributed by atoms with Crippen molar-refractivity contribution >= 4 is 52.8 Å². The number of hydrogen-bond donors (Lipinski definition) is 4. The highest BCUT2D eigenvalue weighted by Gasteiger charge is 2.33. The van der Waals surface area contributed by atoms with Crippen molar-refractivity contribution in [3.8, 4) is 11.5 Å². The third kappa shape index (κ3) is 14.1. The van der Waals surface area contributed by atoms with Crippen molar-refractivity contribution in [2.75, 3.05) is 14.2 Å². The van der Waals surface area contributed by atoms with Crippen LogP contribution in [-0.4, -0.2) is 63.4 Å². The summed E-state index contributed by atoms with van der Waals surface area (Å²) < 4.78 is 59.3. The highest BCUT2D eigenvalue weighted by Crippen LogP contribution is 2.33. The number of carbonyl (C=O) groups is 4. The number of carboxylic acids is 4. The summed E-state index contributed by atoms with van der Waals surface area (Å²) in [5, 5.41) is 45.2. The highest BCUT2D eigenvalue weighted by atomic mass is 35.5. The molecule has 0 amide bonds. The van der Waals surface area contributed by atoms with Gasteiger partial charge >= 0.3 is 30.1 Å². The van der Waals surface area contributed by atoms with E-state index in [9.17, 15) is 46.9 Å². The number of nitro benzene ring substituents is 1. The van der Waals surface area contributed by atoms with Gasteiger partial charge < -0.3 is 29.9 Å². The van der Waals surface area contributed by atoms with Crippen molar-refractivity contribution in [1.82, 2.24) is 0 Å². The zero-order chi connectivity index (χ0) is 39.9. The molecule has 0 atom stereocenters. The molecule has 0 aliphatic rings. The van der Waals surface area contributed by atoms with Crippen LogP contribution in [0.3, 0.4) is 0 Å². The van der Waals surface area contributed by atoms with Crippen molar-refractivity contribution in [1.29, 1.82) is 0 Å². The van der Waals surface area contributed by atoms with E-state index in [4.69, 9.17) is 53.1 Å². The van der Waals surface area contributed by atoms with Crippen molar-refractivity contribution in [2.24, 2.45) is 0 Å². The first-order valence-electron chi connectivity index (χ1n) is 13.8. The molecule has 0 unspecified atom stereocenters. The molecule has 4 rings (SSSR count). The number of aromatic carboxylic acids is 3. The van der Waals surface area contributed by atoms with Crippen LogP contribution >= 0.6 is 23.2 Å². The topological polar surface area (TPSA) is 211 Å². The predicted octanol–water partition coefficient (Wildman–Crippen LogP) is 8.17. The van der Waals surface area contributed by atoms with Gasteiger partial charge in [-0.15, -0.1) is 0 Å². The van der Waals surface area contributed by atoms with E-state index in [1.807, 2.05) is 6.92 Å². The van der Waals surface area contributed by atoms with Gasteiger partial charge in [0.1, 0.15) is 17.3 Å². The van der Waals surface area contributed by atoms with Gasteiger partial charge in [0.15, 0.2) is 0 Å². The number of hydrogen-bond acceptors (Lipinski definition) is 8. The summed E-state index contributed by atoms with van der Waals surface area (Å²) in [5.41, 5.74) is -1.53. The molecule has 278 valence electrons. The van der Waals surface area contributed by atoms with Crippen LogP contribution in [0, 0.1) is 22.9 Å². The molecule has 0 bridgehead atoms. The minimum Gasteiger partial charge on any atom is -0.497 e. The van der Waals surface area contributed by atoms with Crippen molar-refractivity contribution in [2.45, 2.75) is 19.5 Å². The molecule has 0 radical (unpaired) electrons. The Morgan fingerprint density at radius 1 is 0.788 bits per heavy atom. The van der Waals surface area contributed by atoms with E-state index < -0.39 is 58.5 Å². The predicted molar refractivity (Wildman–Crippen MR) is 177 cm³/mol. The molecule has 4 aromatic carbocycles. The van der Waals surface area contributed by atoms with Crippen LogP contribution in [0.5, 0.6) is 11.5 Å². The van der Waals surface area contributed by atoms with E-state index >= 15 is 0 Å². The summed E-state index contributed by atoms with van der Waals surface area (Å²) in [6, 6.07) is 14.4. The maximum atomic E-state index is 12.7. The summed E-state index contributed by atoms with van der Waals surface area (Å²) in [5.74, 6) is -4.37. The fourth-order valence-electron chi connectivity index (χ4n) is 3.69. The number of aryl methyl sites for hydroxylation is 1. The lowest BCUT2D eigenvalue weighted by Crippen LogP contribution is -2.08. The lowest BCUT2D eigenvalue weighted by atomic mass is 10.1. The van der Waals surface area contributed by atoms with Gasteiger partial charge in [-0.2, -0.15) is 13.2 Å². The number of benzene rings is 4. The Balaban J connectivity index is 0.000000352. The van der Waals surface area contributed by atoms with Crippen LogP contribution in [-0.2, 0) is 17.4 Å². The molecule has 0 heterocycles. The SMILES string of the molecule is COc1ccc(C(=O)O)cc1C.COc1ccc(F)c(C(=O)O)c1.O=C(O)Cc1ccc(C(F)(F)F)cc1[N+](=O)[O-].O=C(O)c1cc(Cl)ccc1Cl. The second-order valence-corrected chi connectivity index (χ2v) is 10.6. The Labute approximate surface area is 301 Å². The number of ether oxygens (including phenoxy) is 2. The van der Waals surface area contributed by atoms with Gasteiger partial charge in [-0.05, 0) is 73.2 Å². The molecule has 4 N–H and O–H groups in total. The molecular formula is C33H27Cl2F4NO12. The summed E-state index contributed by atoms with van der Waals surface area (Å²) in [7, 11) is 2.95. The second kappa shape index (κ2) is 20.0. The van der Waals surface area contributed by atoms with Crippen LogP contribution in [0.4, 0.5) is 23.2 Å². The van der Waals surface area contributed by atoms with Crippen LogP contribution in [0.1, 0.15) is 47.8 Å². The normalized spacial score (nSPS) is 10.1. The van der Waals surface area contributed by atoms with Gasteiger partial charge in [0, 0.05) is 16.7 Å². The molecule has 0 aliphatic heterocycles. The van der Waals surface area contributed by atoms with E-state index in [1.165, 1.54) is 37.4 Å². The number of nitrogens with zero attached hydrogens (tertiary/aromatic N) is 1. The Hall–Kier alpha value is -5.94. The quantitative estimate of drug-likeness (QED) is 0.0758. The van der Waals surface area contributed by atoms with E-state index in [-0.39, 0.29) is 27.3 Å². The molecule has 0 spiro atoms. The third-order valence-electron chi connectivity index (χ3n) is 6.16. The van der Waals surface area contributed by atoms with Crippen LogP contribution in [0.15, 0.2) is 72.8 Å². The third-order valence-corrected chi connectivity index (χ3v) is 6.72. The molecule has 0 saturated heterocycles. The highest BCUT2D eigenvalue weighted by molar-refractivity contribution is 6.35. The van der Waals surface area contributed by atoms with E-state index in [0.29, 0.717) is 28.7 Å². The Kier molecular flexibility index (Phi) is 17.0. The number of rotatable bonds is 8. The average Bonchev–Trinajstić information content (AvgIpc) is 3.06. The first-order valence-corrected chi connectivity index (χ1v) is 14.6. The largest absolute Gasteiger partial charge is 0.497 e. The zero-order valence-electron chi connectivity index (χ0n) is 26.9. The average molecular weight is 776 g/mol. The number of methoxy groups -OCH3 is 2. The van der Waals surface area contributed by atoms with E-state index in [1.54, 1.807) is 19.2 Å². The smallest absolute Gasteiger partial charge is 0.416 e. The maximum absolute atomic E-state index is 12.7. The zero-order valence-corrected chi connectivity index (χ0v) is 28.4. The Bertz CT molecular complexity index is 1940. The molecule has 0 fully saturated rings. The lowest BCUT2D eigenvalue weighted by Gasteiger charge is -2.07. The van der Waals surface area contributed by atoms with Gasteiger partial charge in [0.2, 0.25) is 0 Å². The van der Waals surface area contributed by atoms with Crippen LogP contribution in [0.25, 0.3) is 0 Å². The number of nitro groups is 1. The van der Waals surface area contributed by atoms with Gasteiger partial charge in [-0.1, -0.05) is 29.3 Å². The fraction of sp³-hybridized carbons (Fsp3) is 0.152. The molecule has 52 heavy (non-hydrogen) atoms. The van der Waals surface area contributed by atoms with Crippen molar-refractivity contribution in [3.63, 3.8) is 0 Å². The summed E-state index contributed by atoms with van der Waals surface area (Å²) >= 11 is 11.1. The minimum absolute atomic E-state index is 0.0270. The lowest BCUT2D eigenvalue weighted by molar-refractivity contribution is -0.385. The summed E-state index contributed by atoms with van der Waals surface area (Å²) in [6.07, 6.45) is -5.40. The number of carboxylic acid groups (broad SMARTS) is 4. The van der Waals surface area contributed by atoms with Crippen LogP contribution in [0.2, 0.25) is 10.0 Å². The fourth-order valence-corrected chi connectivity index (χ4v) is 4.06. The summed E-state index contributed by atoms with van der Waals surface area (Å²) in [6.45, 7) is 1.81. The summed E-state index contributed by atoms with van der Waals surface area (Å²) in [4.78, 5) is 51.2. The molecule has 13 nitrogen and oxygen atoms in total. The van der Waals surface area contributed by atoms with Gasteiger partial charge in [-0.3, -0.25) is 14.9 Å². The molecule has 19 heteroatoms. The molecule has 4 aromatic rings. The van der Waals surface area contributed by atoms with Crippen molar-refractivity contribution in [3.05, 3.63) is 132 Å². The van der Waals surface area contributed by atoms with Gasteiger partial charge in [-0.25, -0.2) is 18.8 Å². The maximum Gasteiger partial charge on any atom is 0.416 e. The first-order chi connectivity index (χ1) is 24.1. The monoisotopic (exact) mass is 775 g/mol. The number of aliphatic carboxylic acids is 1. The van der Waals surface area contributed by atoms with Gasteiger partial charge in [0.25, 0.3) is 5.69 Å². The standard InChI is InChI=1S/C9H6F3NO4.C9H10O3.C8H7FO3.C7H4Cl2O2/c10-9(11,12)6-2-1-5(3-8(14)15)7(4-6)13(16)17;1-6-5-7(9(10)11)3-4-8(6)12-2;1-12-5-2-3-7(9)6(4-5)8(10)11;8-4-1-2-6(9)5(3-4)7(10)11/h1-2,4H,3H2,(H,14,15);3-5H,1-2H3,(H,10,11);2-4H,1H3,(H,10,11);1-3H,(H,10,11). The second-order valence-electron chi connectivity index (χ2n) is 9.74. The van der Waals surface area contributed by atoms with E-state index in [2.05, 4.69) is 0 Å². The molecule has 0 aliphatic carbocycles. The Morgan fingerprint density at radius 3 is 1.85 bits per heavy atom. The molecule has 0 aromatic heterocycles.